The molecule has 0 aromatic rings. The number of hydrogen-bond acceptors (Lipinski definition) is 1. The Hall–Kier alpha value is -0.0500. The minimum Gasteiger partial charge on any atom is -0.352 e. The average Bonchev–Trinajstić information content (AvgIpc) is 2.18. The fraction of sp³-hybridized carbons (Fsp3) is 0.933. The first-order chi connectivity index (χ1) is 8.28. The summed E-state index contributed by atoms with van der Waals surface area (Å²) in [5.74, 6) is 0.686. The second kappa shape index (κ2) is 6.93. The van der Waals surface area contributed by atoms with Crippen molar-refractivity contribution in [3.8, 4) is 0 Å². The molecule has 1 fully saturated rings. The predicted octanol–water partition coefficient (Wildman–Crippen LogP) is 4.27. The molecular formula is C15H28BrNO. The number of carbonyl (C=O) groups is 1. The second-order valence-corrected chi connectivity index (χ2v) is 8.22. The van der Waals surface area contributed by atoms with Crippen LogP contribution in [-0.2, 0) is 4.79 Å². The summed E-state index contributed by atoms with van der Waals surface area (Å²) in [6.07, 6.45) is 6.58. The molecule has 1 aliphatic rings. The van der Waals surface area contributed by atoms with Gasteiger partial charge in [-0.1, -0.05) is 56.5 Å². The molecule has 1 aliphatic carbocycles. The number of rotatable bonds is 4. The first-order valence-electron chi connectivity index (χ1n) is 7.21. The van der Waals surface area contributed by atoms with E-state index < -0.39 is 0 Å². The number of carbonyl (C=O) groups excluding carboxylic acids is 1. The Morgan fingerprint density at radius 2 is 1.94 bits per heavy atom. The van der Waals surface area contributed by atoms with Crippen LogP contribution in [0.15, 0.2) is 0 Å². The van der Waals surface area contributed by atoms with Crippen LogP contribution < -0.4 is 5.32 Å². The van der Waals surface area contributed by atoms with E-state index >= 15 is 0 Å². The van der Waals surface area contributed by atoms with Gasteiger partial charge in [-0.15, -0.1) is 0 Å². The molecule has 3 heteroatoms. The molecule has 1 N–H and O–H groups in total. The van der Waals surface area contributed by atoms with E-state index in [1.807, 2.05) is 0 Å². The molecule has 0 bridgehead atoms. The Labute approximate surface area is 120 Å². The number of hydrogen-bond donors (Lipinski definition) is 1. The topological polar surface area (TPSA) is 29.1 Å². The van der Waals surface area contributed by atoms with E-state index in [2.05, 4.69) is 48.9 Å². The van der Waals surface area contributed by atoms with Crippen molar-refractivity contribution in [3.05, 3.63) is 0 Å². The summed E-state index contributed by atoms with van der Waals surface area (Å²) in [6, 6.07) is 0.341. The summed E-state index contributed by atoms with van der Waals surface area (Å²) < 4.78 is 0. The van der Waals surface area contributed by atoms with Crippen LogP contribution in [0.1, 0.15) is 66.2 Å². The van der Waals surface area contributed by atoms with Gasteiger partial charge in [-0.05, 0) is 30.6 Å². The number of alkyl halides is 1. The molecule has 0 aliphatic heterocycles. The summed E-state index contributed by atoms with van der Waals surface area (Å²) in [4.78, 5) is 12.5. The normalized spacial score (nSPS) is 26.7. The van der Waals surface area contributed by atoms with Crippen molar-refractivity contribution < 1.29 is 4.79 Å². The molecule has 3 unspecified atom stereocenters. The molecule has 106 valence electrons. The molecule has 1 amide bonds. The van der Waals surface area contributed by atoms with E-state index in [9.17, 15) is 4.79 Å². The SMILES string of the molecule is CC(CC(=O)NC1CCCCC1Br)CC(C)(C)C. The lowest BCUT2D eigenvalue weighted by atomic mass is 9.84. The maximum atomic E-state index is 12.0. The summed E-state index contributed by atoms with van der Waals surface area (Å²) in [6.45, 7) is 8.88. The van der Waals surface area contributed by atoms with E-state index in [4.69, 9.17) is 0 Å². The molecule has 2 nitrogen and oxygen atoms in total. The molecule has 0 saturated heterocycles. The van der Waals surface area contributed by atoms with Gasteiger partial charge < -0.3 is 5.32 Å². The highest BCUT2D eigenvalue weighted by Crippen LogP contribution is 2.27. The Balaban J connectivity index is 2.32. The van der Waals surface area contributed by atoms with Crippen LogP contribution >= 0.6 is 15.9 Å². The third-order valence-electron chi connectivity index (χ3n) is 3.52. The van der Waals surface area contributed by atoms with E-state index in [-0.39, 0.29) is 5.91 Å². The smallest absolute Gasteiger partial charge is 0.220 e. The van der Waals surface area contributed by atoms with Gasteiger partial charge in [-0.2, -0.15) is 0 Å². The van der Waals surface area contributed by atoms with Crippen molar-refractivity contribution in [1.82, 2.24) is 5.32 Å². The molecule has 0 spiro atoms. The summed E-state index contributed by atoms with van der Waals surface area (Å²) in [5, 5.41) is 3.20. The fourth-order valence-electron chi connectivity index (χ4n) is 2.95. The van der Waals surface area contributed by atoms with Crippen molar-refractivity contribution in [2.45, 2.75) is 77.1 Å². The summed E-state index contributed by atoms with van der Waals surface area (Å²) in [5.41, 5.74) is 0.308. The van der Waals surface area contributed by atoms with Gasteiger partial charge in [-0.25, -0.2) is 0 Å². The van der Waals surface area contributed by atoms with E-state index in [1.165, 1.54) is 19.3 Å². The molecule has 0 aromatic carbocycles. The van der Waals surface area contributed by atoms with Gasteiger partial charge in [-0.3, -0.25) is 4.79 Å². The Morgan fingerprint density at radius 3 is 2.50 bits per heavy atom. The molecule has 1 rings (SSSR count). The number of amides is 1. The van der Waals surface area contributed by atoms with Gasteiger partial charge in [0.25, 0.3) is 0 Å². The van der Waals surface area contributed by atoms with Crippen LogP contribution in [0.3, 0.4) is 0 Å². The van der Waals surface area contributed by atoms with Crippen LogP contribution in [0.2, 0.25) is 0 Å². The lowest BCUT2D eigenvalue weighted by Crippen LogP contribution is -2.43. The highest BCUT2D eigenvalue weighted by atomic mass is 79.9. The Kier molecular flexibility index (Phi) is 6.16. The van der Waals surface area contributed by atoms with E-state index in [1.54, 1.807) is 0 Å². The van der Waals surface area contributed by atoms with E-state index in [0.717, 1.165) is 12.8 Å². The zero-order chi connectivity index (χ0) is 13.8. The standard InChI is InChI=1S/C15H28BrNO/c1-11(10-15(2,3)4)9-14(18)17-13-8-6-5-7-12(13)16/h11-13H,5-10H2,1-4H3,(H,17,18). The molecular weight excluding hydrogens is 290 g/mol. The van der Waals surface area contributed by atoms with Gasteiger partial charge in [0.05, 0.1) is 0 Å². The minimum atomic E-state index is 0.225. The fourth-order valence-corrected chi connectivity index (χ4v) is 3.67. The summed E-state index contributed by atoms with van der Waals surface area (Å²) in [7, 11) is 0. The highest BCUT2D eigenvalue weighted by Gasteiger charge is 2.25. The third kappa shape index (κ3) is 6.21. The Bertz CT molecular complexity index is 272. The van der Waals surface area contributed by atoms with Crippen LogP contribution in [0.5, 0.6) is 0 Å². The zero-order valence-corrected chi connectivity index (χ0v) is 13.8. The second-order valence-electron chi connectivity index (χ2n) is 7.05. The lowest BCUT2D eigenvalue weighted by molar-refractivity contribution is -0.122. The van der Waals surface area contributed by atoms with Crippen LogP contribution in [0, 0.1) is 11.3 Å². The molecule has 0 aromatic heterocycles. The zero-order valence-electron chi connectivity index (χ0n) is 12.3. The molecule has 18 heavy (non-hydrogen) atoms. The maximum absolute atomic E-state index is 12.0. The van der Waals surface area contributed by atoms with Crippen LogP contribution in [-0.4, -0.2) is 16.8 Å². The van der Waals surface area contributed by atoms with Crippen molar-refractivity contribution in [2.24, 2.45) is 11.3 Å². The number of nitrogens with one attached hydrogen (secondary N) is 1. The third-order valence-corrected chi connectivity index (χ3v) is 4.62. The predicted molar refractivity (Wildman–Crippen MR) is 81.0 cm³/mol. The van der Waals surface area contributed by atoms with Gasteiger partial charge in [0.1, 0.15) is 0 Å². The summed E-state index contributed by atoms with van der Waals surface area (Å²) >= 11 is 3.68. The van der Waals surface area contributed by atoms with Gasteiger partial charge in [0.15, 0.2) is 0 Å². The first kappa shape index (κ1) is 16.0. The van der Waals surface area contributed by atoms with Crippen molar-refractivity contribution in [1.29, 1.82) is 0 Å². The quantitative estimate of drug-likeness (QED) is 0.771. The van der Waals surface area contributed by atoms with E-state index in [0.29, 0.717) is 28.6 Å². The minimum absolute atomic E-state index is 0.225. The van der Waals surface area contributed by atoms with Gasteiger partial charge in [0, 0.05) is 17.3 Å². The molecule has 0 heterocycles. The Morgan fingerprint density at radius 1 is 1.33 bits per heavy atom. The lowest BCUT2D eigenvalue weighted by Gasteiger charge is -2.29. The van der Waals surface area contributed by atoms with Crippen molar-refractivity contribution in [2.75, 3.05) is 0 Å². The first-order valence-corrected chi connectivity index (χ1v) is 8.13. The van der Waals surface area contributed by atoms with Gasteiger partial charge >= 0.3 is 0 Å². The average molecular weight is 318 g/mol. The largest absolute Gasteiger partial charge is 0.352 e. The molecule has 1 saturated carbocycles. The van der Waals surface area contributed by atoms with Crippen molar-refractivity contribution >= 4 is 21.8 Å². The molecule has 0 radical (unpaired) electrons. The number of halogens is 1. The van der Waals surface area contributed by atoms with Crippen molar-refractivity contribution in [3.63, 3.8) is 0 Å². The monoisotopic (exact) mass is 317 g/mol. The maximum Gasteiger partial charge on any atom is 0.220 e. The highest BCUT2D eigenvalue weighted by molar-refractivity contribution is 9.09. The van der Waals surface area contributed by atoms with Crippen LogP contribution in [0.4, 0.5) is 0 Å². The van der Waals surface area contributed by atoms with Crippen LogP contribution in [0.25, 0.3) is 0 Å². The molecule has 3 atom stereocenters. The van der Waals surface area contributed by atoms with Gasteiger partial charge in [0.2, 0.25) is 5.91 Å².